The molecule has 0 unspecified atom stereocenters. The second-order valence-electron chi connectivity index (χ2n) is 4.53. The summed E-state index contributed by atoms with van der Waals surface area (Å²) in [5.41, 5.74) is 2.09. The first-order valence-corrected chi connectivity index (χ1v) is 6.75. The van der Waals surface area contributed by atoms with Crippen LogP contribution in [0.15, 0.2) is 34.8 Å². The standard InChI is InChI=1S/C15H13BrFNO2/c1-8-6-9(2)14(10(16)7-8)18-15(20)13-11(17)4-3-5-12(13)19/h3-7,19H,1-2H3,(H,18,20). The quantitative estimate of drug-likeness (QED) is 0.864. The number of aryl methyl sites for hydroxylation is 2. The van der Waals surface area contributed by atoms with Gasteiger partial charge in [0.15, 0.2) is 0 Å². The minimum atomic E-state index is -0.761. The monoisotopic (exact) mass is 337 g/mol. The molecule has 2 rings (SSSR count). The molecular weight excluding hydrogens is 325 g/mol. The number of nitrogens with one attached hydrogen (secondary N) is 1. The number of halogens is 2. The van der Waals surface area contributed by atoms with Crippen molar-refractivity contribution in [2.75, 3.05) is 5.32 Å². The van der Waals surface area contributed by atoms with E-state index < -0.39 is 11.7 Å². The normalized spacial score (nSPS) is 10.4. The van der Waals surface area contributed by atoms with Gasteiger partial charge in [0.2, 0.25) is 0 Å². The number of carbonyl (C=O) groups is 1. The van der Waals surface area contributed by atoms with Crippen LogP contribution in [0.2, 0.25) is 0 Å². The molecule has 0 saturated heterocycles. The van der Waals surface area contributed by atoms with Crippen LogP contribution in [-0.2, 0) is 0 Å². The fourth-order valence-electron chi connectivity index (χ4n) is 1.99. The Hall–Kier alpha value is -1.88. The molecule has 0 atom stereocenters. The molecule has 5 heteroatoms. The van der Waals surface area contributed by atoms with Gasteiger partial charge >= 0.3 is 0 Å². The minimum absolute atomic E-state index is 0.362. The molecule has 0 heterocycles. The molecule has 0 aliphatic carbocycles. The summed E-state index contributed by atoms with van der Waals surface area (Å²) in [6.45, 7) is 3.78. The molecular formula is C15H13BrFNO2. The number of hydrogen-bond acceptors (Lipinski definition) is 2. The van der Waals surface area contributed by atoms with Crippen molar-refractivity contribution in [3.63, 3.8) is 0 Å². The van der Waals surface area contributed by atoms with Gasteiger partial charge in [-0.1, -0.05) is 12.1 Å². The van der Waals surface area contributed by atoms with Crippen molar-refractivity contribution >= 4 is 27.5 Å². The van der Waals surface area contributed by atoms with E-state index in [4.69, 9.17) is 0 Å². The van der Waals surface area contributed by atoms with Gasteiger partial charge in [0, 0.05) is 4.47 Å². The van der Waals surface area contributed by atoms with Gasteiger partial charge in [-0.05, 0) is 59.1 Å². The first kappa shape index (κ1) is 14.5. The number of benzene rings is 2. The highest BCUT2D eigenvalue weighted by Crippen LogP contribution is 2.29. The first-order chi connectivity index (χ1) is 9.40. The van der Waals surface area contributed by atoms with Crippen LogP contribution in [0.25, 0.3) is 0 Å². The maximum Gasteiger partial charge on any atom is 0.262 e. The van der Waals surface area contributed by atoms with Crippen LogP contribution in [-0.4, -0.2) is 11.0 Å². The van der Waals surface area contributed by atoms with Crippen molar-refractivity contribution in [3.05, 3.63) is 57.3 Å². The van der Waals surface area contributed by atoms with Gasteiger partial charge in [0.05, 0.1) is 5.69 Å². The maximum atomic E-state index is 13.6. The van der Waals surface area contributed by atoms with E-state index in [1.54, 1.807) is 0 Å². The smallest absolute Gasteiger partial charge is 0.262 e. The SMILES string of the molecule is Cc1cc(C)c(NC(=O)c2c(O)cccc2F)c(Br)c1. The Kier molecular flexibility index (Phi) is 4.09. The highest BCUT2D eigenvalue weighted by molar-refractivity contribution is 9.10. The van der Waals surface area contributed by atoms with Gasteiger partial charge in [0.1, 0.15) is 17.1 Å². The lowest BCUT2D eigenvalue weighted by Crippen LogP contribution is -2.15. The average molecular weight is 338 g/mol. The zero-order valence-corrected chi connectivity index (χ0v) is 12.6. The third kappa shape index (κ3) is 2.82. The molecule has 2 aromatic carbocycles. The van der Waals surface area contributed by atoms with Gasteiger partial charge in [0.25, 0.3) is 5.91 Å². The van der Waals surface area contributed by atoms with Crippen LogP contribution in [0.1, 0.15) is 21.5 Å². The lowest BCUT2D eigenvalue weighted by molar-refractivity contribution is 0.102. The van der Waals surface area contributed by atoms with Crippen molar-refractivity contribution in [1.29, 1.82) is 0 Å². The van der Waals surface area contributed by atoms with Crippen LogP contribution in [0.5, 0.6) is 5.75 Å². The number of aromatic hydroxyl groups is 1. The summed E-state index contributed by atoms with van der Waals surface area (Å²) in [5, 5.41) is 12.2. The number of amides is 1. The van der Waals surface area contributed by atoms with Crippen molar-refractivity contribution in [2.45, 2.75) is 13.8 Å². The summed E-state index contributed by atoms with van der Waals surface area (Å²) >= 11 is 3.37. The first-order valence-electron chi connectivity index (χ1n) is 5.95. The molecule has 104 valence electrons. The Morgan fingerprint density at radius 1 is 1.30 bits per heavy atom. The van der Waals surface area contributed by atoms with Gasteiger partial charge in [-0.2, -0.15) is 0 Å². The second-order valence-corrected chi connectivity index (χ2v) is 5.38. The Morgan fingerprint density at radius 2 is 2.00 bits per heavy atom. The van der Waals surface area contributed by atoms with Crippen molar-refractivity contribution in [3.8, 4) is 5.75 Å². The molecule has 20 heavy (non-hydrogen) atoms. The van der Waals surface area contributed by atoms with E-state index in [1.807, 2.05) is 26.0 Å². The molecule has 0 radical (unpaired) electrons. The molecule has 0 spiro atoms. The van der Waals surface area contributed by atoms with E-state index in [0.717, 1.165) is 17.2 Å². The molecule has 0 aliphatic rings. The number of hydrogen-bond donors (Lipinski definition) is 2. The van der Waals surface area contributed by atoms with E-state index >= 15 is 0 Å². The number of phenols is 1. The molecule has 0 fully saturated rings. The number of carbonyl (C=O) groups excluding carboxylic acids is 1. The zero-order valence-electron chi connectivity index (χ0n) is 11.0. The van der Waals surface area contributed by atoms with E-state index in [1.165, 1.54) is 12.1 Å². The number of phenolic OH excluding ortho intramolecular Hbond substituents is 1. The zero-order chi connectivity index (χ0) is 14.9. The van der Waals surface area contributed by atoms with E-state index in [9.17, 15) is 14.3 Å². The second kappa shape index (κ2) is 5.63. The maximum absolute atomic E-state index is 13.6. The summed E-state index contributed by atoms with van der Waals surface area (Å²) in [7, 11) is 0. The third-order valence-corrected chi connectivity index (χ3v) is 3.51. The largest absolute Gasteiger partial charge is 0.507 e. The van der Waals surface area contributed by atoms with Crippen LogP contribution in [0.3, 0.4) is 0 Å². The van der Waals surface area contributed by atoms with Crippen molar-refractivity contribution < 1.29 is 14.3 Å². The summed E-state index contributed by atoms with van der Waals surface area (Å²) in [4.78, 5) is 12.1. The minimum Gasteiger partial charge on any atom is -0.507 e. The van der Waals surface area contributed by atoms with Crippen LogP contribution < -0.4 is 5.32 Å². The van der Waals surface area contributed by atoms with Crippen LogP contribution >= 0.6 is 15.9 Å². The summed E-state index contributed by atoms with van der Waals surface area (Å²) < 4.78 is 14.3. The number of rotatable bonds is 2. The predicted octanol–water partition coefficient (Wildman–Crippen LogP) is 4.16. The summed E-state index contributed by atoms with van der Waals surface area (Å²) in [6.07, 6.45) is 0. The van der Waals surface area contributed by atoms with Gasteiger partial charge in [-0.25, -0.2) is 4.39 Å². The molecule has 2 aromatic rings. The van der Waals surface area contributed by atoms with Crippen LogP contribution in [0, 0.1) is 19.7 Å². The van der Waals surface area contributed by atoms with E-state index in [2.05, 4.69) is 21.2 Å². The van der Waals surface area contributed by atoms with Gasteiger partial charge < -0.3 is 10.4 Å². The molecule has 0 aliphatic heterocycles. The molecule has 0 bridgehead atoms. The highest BCUT2D eigenvalue weighted by Gasteiger charge is 2.18. The van der Waals surface area contributed by atoms with Crippen molar-refractivity contribution in [2.24, 2.45) is 0 Å². The van der Waals surface area contributed by atoms with Crippen LogP contribution in [0.4, 0.5) is 10.1 Å². The summed E-state index contributed by atoms with van der Waals surface area (Å²) in [6, 6.07) is 7.50. The fourth-order valence-corrected chi connectivity index (χ4v) is 2.76. The lowest BCUT2D eigenvalue weighted by atomic mass is 10.1. The highest BCUT2D eigenvalue weighted by atomic mass is 79.9. The molecule has 0 saturated carbocycles. The van der Waals surface area contributed by atoms with E-state index in [-0.39, 0.29) is 11.3 Å². The molecule has 2 N–H and O–H groups in total. The Labute approximate surface area is 124 Å². The molecule has 0 aromatic heterocycles. The number of anilines is 1. The van der Waals surface area contributed by atoms with Crippen molar-refractivity contribution in [1.82, 2.24) is 0 Å². The van der Waals surface area contributed by atoms with E-state index in [0.29, 0.717) is 10.2 Å². The molecule has 3 nitrogen and oxygen atoms in total. The third-order valence-electron chi connectivity index (χ3n) is 2.89. The van der Waals surface area contributed by atoms with Gasteiger partial charge in [-0.3, -0.25) is 4.79 Å². The predicted molar refractivity (Wildman–Crippen MR) is 79.6 cm³/mol. The summed E-state index contributed by atoms with van der Waals surface area (Å²) in [5.74, 6) is -1.83. The molecule has 1 amide bonds. The fraction of sp³-hybridized carbons (Fsp3) is 0.133. The topological polar surface area (TPSA) is 49.3 Å². The average Bonchev–Trinajstić information content (AvgIpc) is 2.33. The Morgan fingerprint density at radius 3 is 2.60 bits per heavy atom. The lowest BCUT2D eigenvalue weighted by Gasteiger charge is -2.12. The van der Waals surface area contributed by atoms with Gasteiger partial charge in [-0.15, -0.1) is 0 Å². The Bertz CT molecular complexity index is 642. The Balaban J connectivity index is 2.38.